The summed E-state index contributed by atoms with van der Waals surface area (Å²) in [6.07, 6.45) is 5.40. The van der Waals surface area contributed by atoms with Crippen LogP contribution in [0, 0.1) is 11.7 Å². The summed E-state index contributed by atoms with van der Waals surface area (Å²) < 4.78 is 20.3. The summed E-state index contributed by atoms with van der Waals surface area (Å²) in [6.45, 7) is 15.8. The summed E-state index contributed by atoms with van der Waals surface area (Å²) in [4.78, 5) is 2.37. The second kappa shape index (κ2) is 8.26. The molecule has 0 spiro atoms. The van der Waals surface area contributed by atoms with Crippen LogP contribution in [0.1, 0.15) is 51.6 Å². The van der Waals surface area contributed by atoms with Crippen molar-refractivity contribution in [2.75, 3.05) is 13.1 Å². The van der Waals surface area contributed by atoms with Crippen LogP contribution in [0.2, 0.25) is 0 Å². The average molecular weight is 368 g/mol. The highest BCUT2D eigenvalue weighted by molar-refractivity contribution is 5.35. The minimum Gasteiger partial charge on any atom is -0.467 e. The van der Waals surface area contributed by atoms with Gasteiger partial charge in [-0.15, -0.1) is 0 Å². The third-order valence-electron chi connectivity index (χ3n) is 5.43. The molecule has 1 fully saturated rings. The van der Waals surface area contributed by atoms with Crippen molar-refractivity contribution in [3.8, 4) is 0 Å². The van der Waals surface area contributed by atoms with Gasteiger partial charge in [0, 0.05) is 18.7 Å². The smallest absolute Gasteiger partial charge is 0.128 e. The van der Waals surface area contributed by atoms with Gasteiger partial charge in [0.05, 0.1) is 11.8 Å². The van der Waals surface area contributed by atoms with Gasteiger partial charge in [-0.3, -0.25) is 4.90 Å². The first-order chi connectivity index (χ1) is 12.9. The van der Waals surface area contributed by atoms with Crippen molar-refractivity contribution in [1.82, 2.24) is 4.90 Å². The Hall–Kier alpha value is -2.13. The molecule has 0 N–H and O–H groups in total. The number of rotatable bonds is 7. The molecule has 0 amide bonds. The maximum atomic E-state index is 14.6. The van der Waals surface area contributed by atoms with Gasteiger partial charge in [-0.2, -0.15) is 0 Å². The summed E-state index contributed by atoms with van der Waals surface area (Å²) in [6, 6.07) is 7.06. The van der Waals surface area contributed by atoms with E-state index in [0.717, 1.165) is 36.4 Å². The molecule has 0 saturated heterocycles. The van der Waals surface area contributed by atoms with Gasteiger partial charge < -0.3 is 4.74 Å². The molecule has 2 aliphatic rings. The molecule has 0 bridgehead atoms. The topological polar surface area (TPSA) is 12.5 Å². The Morgan fingerprint density at radius 1 is 1.26 bits per heavy atom. The van der Waals surface area contributed by atoms with Crippen molar-refractivity contribution >= 4 is 0 Å². The van der Waals surface area contributed by atoms with Crippen LogP contribution in [0.5, 0.6) is 0 Å². The van der Waals surface area contributed by atoms with Crippen LogP contribution < -0.4 is 0 Å². The lowest BCUT2D eigenvalue weighted by Gasteiger charge is -2.37. The number of halogens is 1. The van der Waals surface area contributed by atoms with E-state index in [-0.39, 0.29) is 11.9 Å². The number of nitrogens with zero attached hydrogens (tertiary/aromatic N) is 1. The van der Waals surface area contributed by atoms with Gasteiger partial charge in [-0.1, -0.05) is 42.5 Å². The largest absolute Gasteiger partial charge is 0.467 e. The fraction of sp³-hybridized carbons (Fsp3) is 0.417. The Morgan fingerprint density at radius 2 is 1.96 bits per heavy atom. The quantitative estimate of drug-likeness (QED) is 0.414. The first-order valence-electron chi connectivity index (χ1n) is 9.74. The van der Waals surface area contributed by atoms with Crippen LogP contribution in [0.25, 0.3) is 0 Å². The van der Waals surface area contributed by atoms with Crippen molar-refractivity contribution in [3.63, 3.8) is 0 Å². The van der Waals surface area contributed by atoms with Gasteiger partial charge in [-0.05, 0) is 63.7 Å². The molecule has 1 saturated carbocycles. The Kier molecular flexibility index (Phi) is 6.01. The molecule has 1 aromatic rings. The highest BCUT2D eigenvalue weighted by Crippen LogP contribution is 2.45. The van der Waals surface area contributed by atoms with E-state index in [9.17, 15) is 4.39 Å². The van der Waals surface area contributed by atoms with Gasteiger partial charge in [0.25, 0.3) is 0 Å². The van der Waals surface area contributed by atoms with Crippen molar-refractivity contribution < 1.29 is 9.13 Å². The third-order valence-corrected chi connectivity index (χ3v) is 5.43. The van der Waals surface area contributed by atoms with Gasteiger partial charge in [0.2, 0.25) is 0 Å². The van der Waals surface area contributed by atoms with Crippen molar-refractivity contribution in [2.24, 2.45) is 5.92 Å². The van der Waals surface area contributed by atoms with E-state index in [2.05, 4.69) is 31.1 Å². The van der Waals surface area contributed by atoms with Gasteiger partial charge in [0.1, 0.15) is 11.6 Å². The zero-order valence-electron chi connectivity index (χ0n) is 16.7. The van der Waals surface area contributed by atoms with E-state index >= 15 is 0 Å². The lowest BCUT2D eigenvalue weighted by Crippen LogP contribution is -2.36. The molecular formula is C24H30FNO. The second-order valence-electron chi connectivity index (χ2n) is 7.86. The zero-order valence-corrected chi connectivity index (χ0v) is 16.7. The summed E-state index contributed by atoms with van der Waals surface area (Å²) in [7, 11) is 0. The molecule has 1 heterocycles. The average Bonchev–Trinajstić information content (AvgIpc) is 3.43. The Labute approximate surface area is 162 Å². The van der Waals surface area contributed by atoms with E-state index in [1.54, 1.807) is 12.1 Å². The molecule has 1 aliphatic heterocycles. The monoisotopic (exact) mass is 367 g/mol. The molecule has 1 atom stereocenters. The second-order valence-corrected chi connectivity index (χ2v) is 7.86. The summed E-state index contributed by atoms with van der Waals surface area (Å²) in [5, 5.41) is 0. The SMILES string of the molecule is C=C(C)O/C(C)=C/C1=C(C)CCN(C(C(=C)C2CC2)c2ccccc2F)C1. The molecule has 2 nitrogen and oxygen atoms in total. The van der Waals surface area contributed by atoms with Crippen molar-refractivity contribution in [3.05, 3.63) is 83.1 Å². The van der Waals surface area contributed by atoms with Gasteiger partial charge >= 0.3 is 0 Å². The zero-order chi connectivity index (χ0) is 19.6. The summed E-state index contributed by atoms with van der Waals surface area (Å²) in [5.41, 5.74) is 4.50. The number of benzene rings is 1. The fourth-order valence-electron chi connectivity index (χ4n) is 3.85. The van der Waals surface area contributed by atoms with E-state index in [0.29, 0.717) is 11.7 Å². The Bertz CT molecular complexity index is 800. The highest BCUT2D eigenvalue weighted by Gasteiger charge is 2.35. The van der Waals surface area contributed by atoms with Crippen molar-refractivity contribution in [2.45, 2.75) is 46.1 Å². The first-order valence-corrected chi connectivity index (χ1v) is 9.74. The molecule has 1 unspecified atom stereocenters. The molecule has 3 heteroatoms. The van der Waals surface area contributed by atoms with Crippen LogP contribution in [0.3, 0.4) is 0 Å². The van der Waals surface area contributed by atoms with Crippen molar-refractivity contribution in [1.29, 1.82) is 0 Å². The van der Waals surface area contributed by atoms with Gasteiger partial charge in [-0.25, -0.2) is 4.39 Å². The molecule has 144 valence electrons. The number of hydrogen-bond acceptors (Lipinski definition) is 2. The van der Waals surface area contributed by atoms with Crippen LogP contribution in [0.15, 0.2) is 71.7 Å². The van der Waals surface area contributed by atoms with Crippen LogP contribution >= 0.6 is 0 Å². The van der Waals surface area contributed by atoms with Crippen LogP contribution in [0.4, 0.5) is 4.39 Å². The molecule has 27 heavy (non-hydrogen) atoms. The van der Waals surface area contributed by atoms with E-state index in [1.165, 1.54) is 24.0 Å². The Balaban J connectivity index is 1.89. The van der Waals surface area contributed by atoms with E-state index in [4.69, 9.17) is 4.74 Å². The number of ether oxygens (including phenoxy) is 1. The maximum Gasteiger partial charge on any atom is 0.128 e. The number of hydrogen-bond donors (Lipinski definition) is 0. The molecule has 1 aliphatic carbocycles. The van der Waals surface area contributed by atoms with E-state index < -0.39 is 0 Å². The summed E-state index contributed by atoms with van der Waals surface area (Å²) >= 11 is 0. The maximum absolute atomic E-state index is 14.6. The molecule has 1 aromatic carbocycles. The normalized spacial score (nSPS) is 19.8. The minimum absolute atomic E-state index is 0.0717. The third kappa shape index (κ3) is 4.78. The van der Waals surface area contributed by atoms with Gasteiger partial charge in [0.15, 0.2) is 0 Å². The lowest BCUT2D eigenvalue weighted by molar-refractivity contribution is 0.225. The number of allylic oxidation sites excluding steroid dienone is 2. The standard InChI is InChI=1S/C24H30FNO/c1-16(2)27-18(4)14-21-15-26(13-12-17(21)3)24(19(5)20-10-11-20)22-8-6-7-9-23(22)25/h6-9,14,20,24H,1,5,10-13,15H2,2-4H3/b18-14+. The molecule has 0 radical (unpaired) electrons. The summed E-state index contributed by atoms with van der Waals surface area (Å²) in [5.74, 6) is 1.90. The Morgan fingerprint density at radius 3 is 2.59 bits per heavy atom. The van der Waals surface area contributed by atoms with Crippen LogP contribution in [-0.4, -0.2) is 18.0 Å². The highest BCUT2D eigenvalue weighted by atomic mass is 19.1. The molecule has 3 rings (SSSR count). The predicted molar refractivity (Wildman–Crippen MR) is 110 cm³/mol. The molecular weight excluding hydrogens is 337 g/mol. The van der Waals surface area contributed by atoms with Crippen LogP contribution in [-0.2, 0) is 4.74 Å². The molecule has 0 aromatic heterocycles. The van der Waals surface area contributed by atoms with E-state index in [1.807, 2.05) is 26.0 Å². The predicted octanol–water partition coefficient (Wildman–Crippen LogP) is 6.31. The first kappa shape index (κ1) is 19.6. The minimum atomic E-state index is -0.144. The lowest BCUT2D eigenvalue weighted by atomic mass is 9.91. The fourth-order valence-corrected chi connectivity index (χ4v) is 3.85.